The zero-order valence-corrected chi connectivity index (χ0v) is 20.6. The largest absolute Gasteiger partial charge is 0.497 e. The zero-order chi connectivity index (χ0) is 20.4. The minimum Gasteiger partial charge on any atom is -0.497 e. The minimum absolute atomic E-state index is 0. The SMILES string of the molecule is CN=C(NCCC(C)c1ccc(OC)cc1)NCc1ccc(CN(C)C)cc1.I. The number of hydrogen-bond donors (Lipinski definition) is 2. The molecular weight excluding hydrogens is 475 g/mol. The molecule has 0 aliphatic heterocycles. The van der Waals surface area contributed by atoms with Crippen LogP contribution in [0.1, 0.15) is 36.0 Å². The van der Waals surface area contributed by atoms with E-state index in [1.165, 1.54) is 16.7 Å². The summed E-state index contributed by atoms with van der Waals surface area (Å²) in [4.78, 5) is 6.50. The zero-order valence-electron chi connectivity index (χ0n) is 18.2. The van der Waals surface area contributed by atoms with Gasteiger partial charge in [-0.25, -0.2) is 0 Å². The van der Waals surface area contributed by atoms with Crippen molar-refractivity contribution in [2.75, 3.05) is 34.8 Å². The van der Waals surface area contributed by atoms with Gasteiger partial charge in [-0.1, -0.05) is 43.3 Å². The molecule has 2 rings (SSSR count). The van der Waals surface area contributed by atoms with Crippen LogP contribution in [0.2, 0.25) is 0 Å². The van der Waals surface area contributed by atoms with Crippen LogP contribution >= 0.6 is 24.0 Å². The predicted molar refractivity (Wildman–Crippen MR) is 133 cm³/mol. The van der Waals surface area contributed by atoms with Crippen LogP contribution in [-0.2, 0) is 13.1 Å². The van der Waals surface area contributed by atoms with E-state index in [0.29, 0.717) is 5.92 Å². The second-order valence-electron chi connectivity index (χ2n) is 7.37. The van der Waals surface area contributed by atoms with E-state index in [1.807, 2.05) is 19.2 Å². The summed E-state index contributed by atoms with van der Waals surface area (Å²) >= 11 is 0. The van der Waals surface area contributed by atoms with Crippen LogP contribution in [0.5, 0.6) is 5.75 Å². The summed E-state index contributed by atoms with van der Waals surface area (Å²) in [6.45, 7) is 4.84. The fourth-order valence-electron chi connectivity index (χ4n) is 3.04. The lowest BCUT2D eigenvalue weighted by Gasteiger charge is -2.16. The third kappa shape index (κ3) is 9.04. The molecule has 0 aromatic heterocycles. The maximum atomic E-state index is 5.22. The Morgan fingerprint density at radius 1 is 1.00 bits per heavy atom. The summed E-state index contributed by atoms with van der Waals surface area (Å²) in [5, 5.41) is 6.79. The van der Waals surface area contributed by atoms with Crippen molar-refractivity contribution < 1.29 is 4.74 Å². The summed E-state index contributed by atoms with van der Waals surface area (Å²) in [7, 11) is 7.67. The van der Waals surface area contributed by atoms with Crippen LogP contribution in [0.3, 0.4) is 0 Å². The van der Waals surface area contributed by atoms with E-state index in [1.54, 1.807) is 7.11 Å². The number of aliphatic imine (C=N–C) groups is 1. The van der Waals surface area contributed by atoms with Gasteiger partial charge in [0.15, 0.2) is 5.96 Å². The number of nitrogens with zero attached hydrogens (tertiary/aromatic N) is 2. The van der Waals surface area contributed by atoms with Crippen molar-refractivity contribution >= 4 is 29.9 Å². The summed E-state index contributed by atoms with van der Waals surface area (Å²) in [5.41, 5.74) is 3.89. The minimum atomic E-state index is 0. The smallest absolute Gasteiger partial charge is 0.191 e. The molecule has 5 nitrogen and oxygen atoms in total. The Bertz CT molecular complexity index is 730. The normalized spacial score (nSPS) is 12.3. The van der Waals surface area contributed by atoms with Gasteiger partial charge in [0, 0.05) is 26.7 Å². The van der Waals surface area contributed by atoms with Crippen molar-refractivity contribution in [3.63, 3.8) is 0 Å². The average Bonchev–Trinajstić information content (AvgIpc) is 2.71. The number of nitrogens with one attached hydrogen (secondary N) is 2. The molecule has 6 heteroatoms. The molecule has 29 heavy (non-hydrogen) atoms. The first-order chi connectivity index (χ1) is 13.5. The van der Waals surface area contributed by atoms with Gasteiger partial charge in [-0.3, -0.25) is 4.99 Å². The third-order valence-corrected chi connectivity index (χ3v) is 4.76. The number of guanidine groups is 1. The Balaban J connectivity index is 0.00000420. The van der Waals surface area contributed by atoms with Crippen LogP contribution in [-0.4, -0.2) is 45.7 Å². The monoisotopic (exact) mass is 510 g/mol. The molecule has 0 bridgehead atoms. The standard InChI is InChI=1S/C23H34N4O.HI/c1-18(21-10-12-22(28-5)13-11-21)14-15-25-23(24-2)26-16-19-6-8-20(9-7-19)17-27(3)4;/h6-13,18H,14-17H2,1-5H3,(H2,24,25,26);1H. The van der Waals surface area contributed by atoms with Crippen LogP contribution < -0.4 is 15.4 Å². The first kappa shape index (κ1) is 25.2. The highest BCUT2D eigenvalue weighted by Gasteiger charge is 2.06. The Hall–Kier alpha value is -1.80. The van der Waals surface area contributed by atoms with Gasteiger partial charge in [0.2, 0.25) is 0 Å². The third-order valence-electron chi connectivity index (χ3n) is 4.76. The van der Waals surface area contributed by atoms with Gasteiger partial charge in [-0.2, -0.15) is 0 Å². The molecule has 0 fully saturated rings. The number of benzene rings is 2. The van der Waals surface area contributed by atoms with Gasteiger partial charge in [0.25, 0.3) is 0 Å². The summed E-state index contributed by atoms with van der Waals surface area (Å²) < 4.78 is 5.22. The molecule has 2 N–H and O–H groups in total. The fourth-order valence-corrected chi connectivity index (χ4v) is 3.04. The average molecular weight is 510 g/mol. The highest BCUT2D eigenvalue weighted by atomic mass is 127. The number of halogens is 1. The lowest BCUT2D eigenvalue weighted by Crippen LogP contribution is -2.37. The molecule has 0 amide bonds. The van der Waals surface area contributed by atoms with Crippen molar-refractivity contribution in [3.8, 4) is 5.75 Å². The maximum absolute atomic E-state index is 5.22. The molecule has 2 aromatic rings. The van der Waals surface area contributed by atoms with E-state index in [4.69, 9.17) is 4.74 Å². The molecule has 1 atom stereocenters. The maximum Gasteiger partial charge on any atom is 0.191 e. The highest BCUT2D eigenvalue weighted by Crippen LogP contribution is 2.21. The summed E-state index contributed by atoms with van der Waals surface area (Å²) in [5.74, 6) is 2.20. The van der Waals surface area contributed by atoms with E-state index in [0.717, 1.165) is 37.8 Å². The fraction of sp³-hybridized carbons (Fsp3) is 0.435. The Labute approximate surface area is 193 Å². The Morgan fingerprint density at radius 3 is 2.17 bits per heavy atom. The van der Waals surface area contributed by atoms with Crippen LogP contribution in [0, 0.1) is 0 Å². The quantitative estimate of drug-likeness (QED) is 0.301. The van der Waals surface area contributed by atoms with Crippen molar-refractivity contribution in [1.82, 2.24) is 15.5 Å². The van der Waals surface area contributed by atoms with E-state index in [9.17, 15) is 0 Å². The molecule has 0 heterocycles. The van der Waals surface area contributed by atoms with Crippen molar-refractivity contribution in [2.45, 2.75) is 32.4 Å². The molecule has 0 saturated heterocycles. The first-order valence-electron chi connectivity index (χ1n) is 9.83. The Kier molecular flexibility index (Phi) is 11.7. The highest BCUT2D eigenvalue weighted by molar-refractivity contribution is 14.0. The molecule has 0 aliphatic carbocycles. The second kappa shape index (κ2) is 13.4. The molecule has 0 saturated carbocycles. The molecule has 1 unspecified atom stereocenters. The topological polar surface area (TPSA) is 48.9 Å². The molecule has 160 valence electrons. The van der Waals surface area contributed by atoms with Gasteiger partial charge in [0.1, 0.15) is 5.75 Å². The Morgan fingerprint density at radius 2 is 1.62 bits per heavy atom. The van der Waals surface area contributed by atoms with Crippen molar-refractivity contribution in [3.05, 3.63) is 65.2 Å². The van der Waals surface area contributed by atoms with Crippen molar-refractivity contribution in [1.29, 1.82) is 0 Å². The van der Waals surface area contributed by atoms with Crippen molar-refractivity contribution in [2.24, 2.45) is 4.99 Å². The lowest BCUT2D eigenvalue weighted by molar-refractivity contribution is 0.402. The first-order valence-corrected chi connectivity index (χ1v) is 9.83. The van der Waals surface area contributed by atoms with Crippen LogP contribution in [0.25, 0.3) is 0 Å². The van der Waals surface area contributed by atoms with Crippen LogP contribution in [0.15, 0.2) is 53.5 Å². The van der Waals surface area contributed by atoms with Gasteiger partial charge in [-0.05, 0) is 55.3 Å². The van der Waals surface area contributed by atoms with Crippen LogP contribution in [0.4, 0.5) is 0 Å². The van der Waals surface area contributed by atoms with E-state index >= 15 is 0 Å². The second-order valence-corrected chi connectivity index (χ2v) is 7.37. The van der Waals surface area contributed by atoms with E-state index in [-0.39, 0.29) is 24.0 Å². The van der Waals surface area contributed by atoms with Gasteiger partial charge < -0.3 is 20.3 Å². The number of rotatable bonds is 9. The predicted octanol–water partition coefficient (Wildman–Crippen LogP) is 4.23. The van der Waals surface area contributed by atoms with Gasteiger partial charge in [0.05, 0.1) is 7.11 Å². The number of methoxy groups -OCH3 is 1. The molecular formula is C23H35IN4O. The summed E-state index contributed by atoms with van der Waals surface area (Å²) in [6.07, 6.45) is 1.03. The molecule has 0 aliphatic rings. The van der Waals surface area contributed by atoms with E-state index < -0.39 is 0 Å². The number of ether oxygens (including phenoxy) is 1. The lowest BCUT2D eigenvalue weighted by atomic mass is 9.98. The number of hydrogen-bond acceptors (Lipinski definition) is 3. The van der Waals surface area contributed by atoms with Gasteiger partial charge in [-0.15, -0.1) is 24.0 Å². The summed E-state index contributed by atoms with van der Waals surface area (Å²) in [6, 6.07) is 17.0. The van der Waals surface area contributed by atoms with E-state index in [2.05, 4.69) is 77.9 Å². The molecule has 2 aromatic carbocycles. The van der Waals surface area contributed by atoms with Gasteiger partial charge >= 0.3 is 0 Å². The molecule has 0 spiro atoms. The molecule has 0 radical (unpaired) electrons.